The monoisotopic (exact) mass is 1230 g/mol. The second kappa shape index (κ2) is 88.7. The molecule has 0 atom stereocenters. The summed E-state index contributed by atoms with van der Waals surface area (Å²) in [5.74, 6) is 0. The van der Waals surface area contributed by atoms with Crippen molar-refractivity contribution >= 4 is 0 Å². The smallest absolute Gasteiger partial charge is 0.0558 e. The van der Waals surface area contributed by atoms with Crippen molar-refractivity contribution in [1.82, 2.24) is 40.9 Å². The van der Waals surface area contributed by atoms with Crippen LogP contribution in [0.1, 0.15) is 325 Å². The predicted molar refractivity (Wildman–Crippen MR) is 385 cm³/mol. The van der Waals surface area contributed by atoms with Crippen LogP contribution < -0.4 is 21.3 Å². The molecule has 2 rings (SSSR count). The third kappa shape index (κ3) is 85.6. The van der Waals surface area contributed by atoms with Crippen molar-refractivity contribution in [1.29, 1.82) is 0 Å². The summed E-state index contributed by atoms with van der Waals surface area (Å²) in [6, 6.07) is 0. The van der Waals surface area contributed by atoms with Crippen LogP contribution in [-0.4, -0.2) is 197 Å². The first-order chi connectivity index (χ1) is 42.4. The maximum atomic E-state index is 9.18. The van der Waals surface area contributed by atoms with Crippen molar-refractivity contribution in [2.45, 2.75) is 325 Å². The van der Waals surface area contributed by atoms with Crippen LogP contribution >= 0.6 is 0 Å². The van der Waals surface area contributed by atoms with Gasteiger partial charge in [0.15, 0.2) is 0 Å². The van der Waals surface area contributed by atoms with Crippen molar-refractivity contribution in [3.63, 3.8) is 0 Å². The summed E-state index contributed by atoms with van der Waals surface area (Å²) in [4.78, 5) is 9.32. The molecule has 2 fully saturated rings. The number of nitrogens with one attached hydrogen (secondary N) is 4. The van der Waals surface area contributed by atoms with E-state index in [1.165, 1.54) is 238 Å². The highest BCUT2D eigenvalue weighted by molar-refractivity contribution is 4.68. The van der Waals surface area contributed by atoms with E-state index < -0.39 is 0 Å². The lowest BCUT2D eigenvalue weighted by Crippen LogP contribution is -2.39. The minimum Gasteiger partial charge on any atom is -0.395 e. The maximum absolute atomic E-state index is 9.18. The number of aliphatic hydroxyl groups is 4. The van der Waals surface area contributed by atoms with E-state index in [2.05, 4.69) is 96.3 Å². The molecule has 0 radical (unpaired) electrons. The van der Waals surface area contributed by atoms with Crippen LogP contribution in [0.2, 0.25) is 0 Å². The normalized spacial score (nSPS) is 16.3. The molecule has 2 aliphatic heterocycles. The zero-order valence-electron chi connectivity index (χ0n) is 60.2. The molecule has 0 aromatic heterocycles. The Hall–Kier alpha value is -0.480. The summed E-state index contributed by atoms with van der Waals surface area (Å²) in [6.07, 6.45) is 58.6. The van der Waals surface area contributed by atoms with Gasteiger partial charge in [-0.15, -0.1) is 0 Å². The second-order valence-electron chi connectivity index (χ2n) is 25.3. The van der Waals surface area contributed by atoms with Gasteiger partial charge in [-0.3, -0.25) is 14.7 Å². The molecule has 0 unspecified atom stereocenters. The third-order valence-corrected chi connectivity index (χ3v) is 16.7. The number of rotatable bonds is 40. The standard InChI is InChI=1S/2C15H34N4O2.4C11H24/c20-14-12-18-8-1-4-16-5-2-10-19(13-15-21)11-7-17-6-3-9-18;20-14-12-18-8-2-6-16-4-1-5-17-7-3-9-19(11-10-18)13-15-21;4*1-3-5-7-9-11-10-8-6-4-2/h2*16-17,20-21H,1-15H2;4*3-11H2,1-2H3. The van der Waals surface area contributed by atoms with Crippen LogP contribution in [0.25, 0.3) is 0 Å². The van der Waals surface area contributed by atoms with Gasteiger partial charge in [0.2, 0.25) is 0 Å². The molecular weight excluding hydrogens is 1060 g/mol. The first-order valence-corrected chi connectivity index (χ1v) is 38.5. The molecule has 0 saturated carbocycles. The van der Waals surface area contributed by atoms with E-state index in [-0.39, 0.29) is 26.4 Å². The van der Waals surface area contributed by atoms with Gasteiger partial charge in [-0.05, 0) is 117 Å². The van der Waals surface area contributed by atoms with Gasteiger partial charge in [-0.25, -0.2) is 0 Å². The third-order valence-electron chi connectivity index (χ3n) is 16.7. The summed E-state index contributed by atoms with van der Waals surface area (Å²) < 4.78 is 0. The summed E-state index contributed by atoms with van der Waals surface area (Å²) in [5.41, 5.74) is 0. The summed E-state index contributed by atoms with van der Waals surface area (Å²) in [6.45, 7) is 38.6. The Morgan fingerprint density at radius 3 is 0.558 bits per heavy atom. The van der Waals surface area contributed by atoms with Crippen molar-refractivity contribution in [3.05, 3.63) is 0 Å². The van der Waals surface area contributed by atoms with E-state index in [9.17, 15) is 10.2 Å². The molecule has 8 N–H and O–H groups in total. The molecule has 0 amide bonds. The van der Waals surface area contributed by atoms with Gasteiger partial charge in [0.1, 0.15) is 0 Å². The molecule has 12 heteroatoms. The Balaban J connectivity index is -0.000000484. The molecular formula is C74H164N8O4. The van der Waals surface area contributed by atoms with Crippen LogP contribution in [0.15, 0.2) is 0 Å². The van der Waals surface area contributed by atoms with Crippen molar-refractivity contribution in [2.75, 3.05) is 157 Å². The van der Waals surface area contributed by atoms with E-state index in [1.807, 2.05) is 0 Å². The van der Waals surface area contributed by atoms with E-state index in [0.29, 0.717) is 0 Å². The van der Waals surface area contributed by atoms with E-state index >= 15 is 0 Å². The van der Waals surface area contributed by atoms with Crippen LogP contribution in [0.4, 0.5) is 0 Å². The molecule has 524 valence electrons. The molecule has 12 nitrogen and oxygen atoms in total. The molecule has 0 bridgehead atoms. The minimum absolute atomic E-state index is 0.220. The number of β-amino-alcohol motifs (C(OH)–C–C–N with tert-alkyl or cyclic N) is 4. The molecule has 86 heavy (non-hydrogen) atoms. The lowest BCUT2D eigenvalue weighted by molar-refractivity contribution is 0.149. The van der Waals surface area contributed by atoms with Gasteiger partial charge < -0.3 is 46.6 Å². The molecule has 0 aliphatic carbocycles. The first kappa shape index (κ1) is 91.9. The van der Waals surface area contributed by atoms with Crippen LogP contribution in [-0.2, 0) is 0 Å². The first-order valence-electron chi connectivity index (χ1n) is 38.5. The van der Waals surface area contributed by atoms with Gasteiger partial charge in [-0.1, -0.05) is 287 Å². The highest BCUT2D eigenvalue weighted by Gasteiger charge is 2.10. The quantitative estimate of drug-likeness (QED) is 0.0277. The highest BCUT2D eigenvalue weighted by Crippen LogP contribution is 2.12. The van der Waals surface area contributed by atoms with Crippen molar-refractivity contribution in [2.24, 2.45) is 0 Å². The maximum Gasteiger partial charge on any atom is 0.0558 e. The fourth-order valence-corrected chi connectivity index (χ4v) is 10.9. The SMILES string of the molecule is CCCCCCCCCCC.CCCCCCCCCCC.CCCCCCCCCCC.CCCCCCCCCCC.OCCN1CCCNCCCN(CCO)CCNCCC1.OCCN1CCCNCCCNCCCN(CCO)CC1. The molecule has 0 aromatic carbocycles. The summed E-state index contributed by atoms with van der Waals surface area (Å²) in [5, 5.41) is 50.5. The van der Waals surface area contributed by atoms with E-state index in [0.717, 1.165) is 163 Å². The Morgan fingerprint density at radius 2 is 0.360 bits per heavy atom. The second-order valence-corrected chi connectivity index (χ2v) is 25.3. The Kier molecular flexibility index (Phi) is 94.8. The van der Waals surface area contributed by atoms with Gasteiger partial charge in [0.05, 0.1) is 26.4 Å². The Bertz CT molecular complexity index is 956. The molecule has 2 heterocycles. The van der Waals surface area contributed by atoms with Crippen LogP contribution in [0.5, 0.6) is 0 Å². The molecule has 2 saturated heterocycles. The van der Waals surface area contributed by atoms with Gasteiger partial charge in [0, 0.05) is 52.4 Å². The number of unbranched alkanes of at least 4 members (excludes halogenated alkanes) is 32. The number of nitrogens with zero attached hydrogens (tertiary/aromatic N) is 4. The molecule has 0 spiro atoms. The van der Waals surface area contributed by atoms with E-state index in [1.54, 1.807) is 0 Å². The highest BCUT2D eigenvalue weighted by atomic mass is 16.3. The van der Waals surface area contributed by atoms with Crippen molar-refractivity contribution < 1.29 is 20.4 Å². The summed E-state index contributed by atoms with van der Waals surface area (Å²) >= 11 is 0. The largest absolute Gasteiger partial charge is 0.395 e. The average Bonchev–Trinajstić information content (AvgIpc) is 3.55. The summed E-state index contributed by atoms with van der Waals surface area (Å²) in [7, 11) is 0. The number of hydrogen-bond acceptors (Lipinski definition) is 12. The fraction of sp³-hybridized carbons (Fsp3) is 1.00. The lowest BCUT2D eigenvalue weighted by Gasteiger charge is -2.27. The van der Waals surface area contributed by atoms with Gasteiger partial charge >= 0.3 is 0 Å². The Morgan fingerprint density at radius 1 is 0.198 bits per heavy atom. The van der Waals surface area contributed by atoms with Crippen molar-refractivity contribution in [3.8, 4) is 0 Å². The fourth-order valence-electron chi connectivity index (χ4n) is 10.9. The zero-order chi connectivity index (χ0) is 63.8. The number of aliphatic hydroxyl groups excluding tert-OH is 4. The lowest BCUT2D eigenvalue weighted by atomic mass is 10.1. The molecule has 0 aromatic rings. The van der Waals surface area contributed by atoms with E-state index in [4.69, 9.17) is 10.2 Å². The Labute approximate surface area is 541 Å². The zero-order valence-corrected chi connectivity index (χ0v) is 60.2. The topological polar surface area (TPSA) is 142 Å². The molecule has 2 aliphatic rings. The van der Waals surface area contributed by atoms with Gasteiger partial charge in [-0.2, -0.15) is 0 Å². The number of hydrogen-bond donors (Lipinski definition) is 8. The minimum atomic E-state index is 0.220. The van der Waals surface area contributed by atoms with Crippen LogP contribution in [0, 0.1) is 0 Å². The predicted octanol–water partition coefficient (Wildman–Crippen LogP) is 16.0. The van der Waals surface area contributed by atoms with Gasteiger partial charge in [0.25, 0.3) is 0 Å². The average molecular weight is 1230 g/mol. The van der Waals surface area contributed by atoms with Crippen LogP contribution in [0.3, 0.4) is 0 Å².